The van der Waals surface area contributed by atoms with E-state index in [4.69, 9.17) is 0 Å². The first-order valence-corrected chi connectivity index (χ1v) is 7.24. The van der Waals surface area contributed by atoms with Crippen LogP contribution in [0.2, 0.25) is 0 Å². The minimum atomic E-state index is -0.420. The second-order valence-corrected chi connectivity index (χ2v) is 5.70. The maximum atomic E-state index is 12.8. The Morgan fingerprint density at radius 1 is 1.05 bits per heavy atom. The normalized spacial score (nSPS) is 12.4. The monoisotopic (exact) mass is 276 g/mol. The summed E-state index contributed by atoms with van der Waals surface area (Å²) in [7, 11) is 0. The van der Waals surface area contributed by atoms with Crippen molar-refractivity contribution in [2.24, 2.45) is 0 Å². The van der Waals surface area contributed by atoms with Crippen LogP contribution < -0.4 is 0 Å². The quantitative estimate of drug-likeness (QED) is 0.838. The molecule has 1 nitrogen and oxygen atoms in total. The van der Waals surface area contributed by atoms with Crippen molar-refractivity contribution in [3.63, 3.8) is 0 Å². The first-order valence-electron chi connectivity index (χ1n) is 6.25. The lowest BCUT2D eigenvalue weighted by atomic mass is 10.1. The number of aliphatic hydroxyl groups is 1. The summed E-state index contributed by atoms with van der Waals surface area (Å²) in [4.78, 5) is 1.16. The average molecular weight is 276 g/mol. The fourth-order valence-corrected chi connectivity index (χ4v) is 2.61. The van der Waals surface area contributed by atoms with Gasteiger partial charge in [0.15, 0.2) is 0 Å². The van der Waals surface area contributed by atoms with Crippen LogP contribution >= 0.6 is 11.8 Å². The van der Waals surface area contributed by atoms with E-state index >= 15 is 0 Å². The Labute approximate surface area is 117 Å². The third-order valence-corrected chi connectivity index (χ3v) is 4.00. The van der Waals surface area contributed by atoms with Gasteiger partial charge in [-0.1, -0.05) is 29.8 Å². The van der Waals surface area contributed by atoms with Crippen molar-refractivity contribution in [3.8, 4) is 0 Å². The third kappa shape index (κ3) is 4.69. The fraction of sp³-hybridized carbons (Fsp3) is 0.250. The second-order valence-electron chi connectivity index (χ2n) is 4.61. The highest BCUT2D eigenvalue weighted by molar-refractivity contribution is 7.99. The average Bonchev–Trinajstić information content (AvgIpc) is 2.41. The van der Waals surface area contributed by atoms with Crippen LogP contribution in [0, 0.1) is 12.7 Å². The summed E-state index contributed by atoms with van der Waals surface area (Å²) in [5.74, 6) is 0.396. The largest absolute Gasteiger partial charge is 0.392 e. The molecule has 3 heteroatoms. The van der Waals surface area contributed by atoms with Crippen LogP contribution in [0.4, 0.5) is 4.39 Å². The van der Waals surface area contributed by atoms with Gasteiger partial charge in [0.05, 0.1) is 6.10 Å². The van der Waals surface area contributed by atoms with Crippen molar-refractivity contribution in [1.29, 1.82) is 0 Å². The van der Waals surface area contributed by atoms with Gasteiger partial charge in [0, 0.05) is 10.6 Å². The summed E-state index contributed by atoms with van der Waals surface area (Å²) in [5, 5.41) is 9.97. The summed E-state index contributed by atoms with van der Waals surface area (Å²) in [6, 6.07) is 14.5. The van der Waals surface area contributed by atoms with E-state index in [0.717, 1.165) is 10.5 Å². The molecule has 100 valence electrons. The molecule has 0 heterocycles. The van der Waals surface area contributed by atoms with E-state index in [2.05, 4.69) is 31.2 Å². The molecule has 0 aliphatic rings. The molecule has 0 bridgehead atoms. The minimum Gasteiger partial charge on any atom is -0.392 e. The molecular formula is C16H17FOS. The summed E-state index contributed by atoms with van der Waals surface area (Å²) in [6.07, 6.45) is 0.135. The number of aliphatic hydroxyl groups excluding tert-OH is 1. The number of thioether (sulfide) groups is 1. The molecule has 19 heavy (non-hydrogen) atoms. The van der Waals surface area contributed by atoms with E-state index in [1.165, 1.54) is 17.7 Å². The maximum absolute atomic E-state index is 12.8. The molecule has 0 saturated carbocycles. The van der Waals surface area contributed by atoms with Gasteiger partial charge in [-0.15, -0.1) is 11.8 Å². The van der Waals surface area contributed by atoms with Gasteiger partial charge in [0.1, 0.15) is 5.82 Å². The van der Waals surface area contributed by atoms with E-state index in [1.807, 2.05) is 0 Å². The molecule has 0 radical (unpaired) electrons. The van der Waals surface area contributed by atoms with Crippen LogP contribution in [0.25, 0.3) is 0 Å². The Balaban J connectivity index is 1.82. The minimum absolute atomic E-state index is 0.243. The molecule has 0 aliphatic carbocycles. The van der Waals surface area contributed by atoms with Crippen molar-refractivity contribution in [2.45, 2.75) is 24.3 Å². The van der Waals surface area contributed by atoms with Gasteiger partial charge < -0.3 is 5.11 Å². The standard InChI is InChI=1S/C16H17FOS/c1-12-2-8-16(9-3-12)19-11-15(18)10-13-4-6-14(17)7-5-13/h2-9,15,18H,10-11H2,1H3. The van der Waals surface area contributed by atoms with Gasteiger partial charge in [0.25, 0.3) is 0 Å². The maximum Gasteiger partial charge on any atom is 0.123 e. The van der Waals surface area contributed by atoms with E-state index in [1.54, 1.807) is 23.9 Å². The molecule has 0 saturated heterocycles. The van der Waals surface area contributed by atoms with Crippen LogP contribution in [0.1, 0.15) is 11.1 Å². The Bertz CT molecular complexity index is 507. The molecule has 0 amide bonds. The summed E-state index contributed by atoms with van der Waals surface area (Å²) < 4.78 is 12.8. The second kappa shape index (κ2) is 6.73. The number of halogens is 1. The molecule has 1 atom stereocenters. The van der Waals surface area contributed by atoms with Crippen LogP contribution in [0.3, 0.4) is 0 Å². The Morgan fingerprint density at radius 3 is 2.32 bits per heavy atom. The molecule has 1 N–H and O–H groups in total. The molecule has 2 aromatic rings. The number of hydrogen-bond acceptors (Lipinski definition) is 2. The van der Waals surface area contributed by atoms with Gasteiger partial charge in [-0.05, 0) is 43.2 Å². The van der Waals surface area contributed by atoms with Crippen LogP contribution in [0.15, 0.2) is 53.4 Å². The van der Waals surface area contributed by atoms with Crippen molar-refractivity contribution in [3.05, 3.63) is 65.5 Å². The van der Waals surface area contributed by atoms with Crippen LogP contribution in [-0.4, -0.2) is 17.0 Å². The van der Waals surface area contributed by atoms with Crippen molar-refractivity contribution < 1.29 is 9.50 Å². The zero-order chi connectivity index (χ0) is 13.7. The molecule has 0 aromatic heterocycles. The number of rotatable bonds is 5. The van der Waals surface area contributed by atoms with E-state index in [0.29, 0.717) is 12.2 Å². The van der Waals surface area contributed by atoms with Gasteiger partial charge in [-0.25, -0.2) is 4.39 Å². The highest BCUT2D eigenvalue weighted by Crippen LogP contribution is 2.20. The SMILES string of the molecule is Cc1ccc(SCC(O)Cc2ccc(F)cc2)cc1. The number of aryl methyl sites for hydroxylation is 1. The first kappa shape index (κ1) is 14.1. The van der Waals surface area contributed by atoms with Crippen LogP contribution in [-0.2, 0) is 6.42 Å². The third-order valence-electron chi connectivity index (χ3n) is 2.85. The van der Waals surface area contributed by atoms with E-state index < -0.39 is 6.10 Å². The molecule has 0 aliphatic heterocycles. The number of hydrogen-bond donors (Lipinski definition) is 1. The summed E-state index contributed by atoms with van der Waals surface area (Å²) in [6.45, 7) is 2.05. The molecule has 1 unspecified atom stereocenters. The lowest BCUT2D eigenvalue weighted by Gasteiger charge is -2.10. The Hall–Kier alpha value is -1.32. The fourth-order valence-electron chi connectivity index (χ4n) is 1.78. The molecule has 2 rings (SSSR count). The summed E-state index contributed by atoms with van der Waals surface area (Å²) in [5.41, 5.74) is 2.19. The van der Waals surface area contributed by atoms with Gasteiger partial charge >= 0.3 is 0 Å². The lowest BCUT2D eigenvalue weighted by Crippen LogP contribution is -2.13. The Kier molecular flexibility index (Phi) is 5.00. The zero-order valence-electron chi connectivity index (χ0n) is 10.8. The topological polar surface area (TPSA) is 20.2 Å². The Morgan fingerprint density at radius 2 is 1.68 bits per heavy atom. The van der Waals surface area contributed by atoms with Crippen molar-refractivity contribution in [2.75, 3.05) is 5.75 Å². The van der Waals surface area contributed by atoms with E-state index in [-0.39, 0.29) is 5.82 Å². The van der Waals surface area contributed by atoms with Gasteiger partial charge in [-0.3, -0.25) is 0 Å². The van der Waals surface area contributed by atoms with Gasteiger partial charge in [-0.2, -0.15) is 0 Å². The van der Waals surface area contributed by atoms with Crippen LogP contribution in [0.5, 0.6) is 0 Å². The predicted octanol–water partition coefficient (Wildman–Crippen LogP) is 3.83. The van der Waals surface area contributed by atoms with Gasteiger partial charge in [0.2, 0.25) is 0 Å². The highest BCUT2D eigenvalue weighted by Gasteiger charge is 2.06. The van der Waals surface area contributed by atoms with Crippen molar-refractivity contribution in [1.82, 2.24) is 0 Å². The molecule has 2 aromatic carbocycles. The highest BCUT2D eigenvalue weighted by atomic mass is 32.2. The van der Waals surface area contributed by atoms with Crippen molar-refractivity contribution >= 4 is 11.8 Å². The predicted molar refractivity (Wildman–Crippen MR) is 78.0 cm³/mol. The zero-order valence-corrected chi connectivity index (χ0v) is 11.7. The number of benzene rings is 2. The van der Waals surface area contributed by atoms with E-state index in [9.17, 15) is 9.50 Å². The molecular weight excluding hydrogens is 259 g/mol. The lowest BCUT2D eigenvalue weighted by molar-refractivity contribution is 0.200. The smallest absolute Gasteiger partial charge is 0.123 e. The molecule has 0 spiro atoms. The first-order chi connectivity index (χ1) is 9.13. The molecule has 0 fully saturated rings. The summed E-state index contributed by atoms with van der Waals surface area (Å²) >= 11 is 1.64.